The Morgan fingerprint density at radius 3 is 2.28 bits per heavy atom. The van der Waals surface area contributed by atoms with Crippen molar-refractivity contribution in [3.05, 3.63) is 95.1 Å². The van der Waals surface area contributed by atoms with E-state index in [1.807, 2.05) is 42.5 Å². The summed E-state index contributed by atoms with van der Waals surface area (Å²) in [5.41, 5.74) is 2.75. The van der Waals surface area contributed by atoms with Crippen molar-refractivity contribution in [3.8, 4) is 11.5 Å². The summed E-state index contributed by atoms with van der Waals surface area (Å²) >= 11 is 0. The first kappa shape index (κ1) is 16.6. The first-order valence-electron chi connectivity index (χ1n) is 7.86. The van der Waals surface area contributed by atoms with Crippen LogP contribution in [0.15, 0.2) is 72.8 Å². The number of hydrogen-bond donors (Lipinski definition) is 2. The predicted octanol–water partition coefficient (Wildman–Crippen LogP) is 4.28. The lowest BCUT2D eigenvalue weighted by molar-refractivity contribution is 0.0695. The van der Waals surface area contributed by atoms with Gasteiger partial charge in [-0.2, -0.15) is 0 Å². The number of ether oxygens (including phenoxy) is 1. The van der Waals surface area contributed by atoms with Gasteiger partial charge in [0, 0.05) is 5.92 Å². The lowest BCUT2D eigenvalue weighted by Gasteiger charge is -2.21. The summed E-state index contributed by atoms with van der Waals surface area (Å²) < 4.78 is 5.22. The second-order valence-electron chi connectivity index (χ2n) is 5.67. The fourth-order valence-corrected chi connectivity index (χ4v) is 3.01. The number of phenolic OH excluding ortho intramolecular Hbond substituents is 1. The topological polar surface area (TPSA) is 66.8 Å². The van der Waals surface area contributed by atoms with Crippen molar-refractivity contribution >= 4 is 5.97 Å². The average molecular weight is 334 g/mol. The fourth-order valence-electron chi connectivity index (χ4n) is 3.01. The molecule has 0 unspecified atom stereocenters. The Kier molecular flexibility index (Phi) is 4.70. The summed E-state index contributed by atoms with van der Waals surface area (Å²) in [5.74, 6) is -0.860. The third-order valence-electron chi connectivity index (χ3n) is 4.17. The lowest BCUT2D eigenvalue weighted by Crippen LogP contribution is -2.10. The molecule has 0 saturated carbocycles. The first-order chi connectivity index (χ1) is 12.1. The number of phenols is 1. The number of carboxylic acids is 1. The van der Waals surface area contributed by atoms with Gasteiger partial charge >= 0.3 is 5.97 Å². The van der Waals surface area contributed by atoms with Gasteiger partial charge in [-0.3, -0.25) is 0 Å². The van der Waals surface area contributed by atoms with E-state index in [4.69, 9.17) is 4.74 Å². The zero-order valence-corrected chi connectivity index (χ0v) is 13.7. The zero-order valence-electron chi connectivity index (χ0n) is 13.7. The number of aromatic carboxylic acids is 1. The van der Waals surface area contributed by atoms with E-state index in [2.05, 4.69) is 0 Å². The quantitative estimate of drug-likeness (QED) is 0.684. The number of methoxy groups -OCH3 is 1. The number of aromatic hydroxyl groups is 1. The molecule has 0 aromatic heterocycles. The van der Waals surface area contributed by atoms with Crippen LogP contribution in [-0.2, 0) is 0 Å². The molecule has 0 spiro atoms. The van der Waals surface area contributed by atoms with Crippen LogP contribution in [0.25, 0.3) is 0 Å². The van der Waals surface area contributed by atoms with Crippen LogP contribution >= 0.6 is 0 Å². The summed E-state index contributed by atoms with van der Waals surface area (Å²) in [5, 5.41) is 19.5. The third-order valence-corrected chi connectivity index (χ3v) is 4.17. The number of rotatable bonds is 5. The van der Waals surface area contributed by atoms with E-state index in [1.54, 1.807) is 30.3 Å². The van der Waals surface area contributed by atoms with Gasteiger partial charge in [0.1, 0.15) is 0 Å². The molecule has 0 amide bonds. The largest absolute Gasteiger partial charge is 0.504 e. The molecule has 0 aliphatic carbocycles. The van der Waals surface area contributed by atoms with Gasteiger partial charge in [0.05, 0.1) is 12.7 Å². The van der Waals surface area contributed by atoms with E-state index in [0.717, 1.165) is 11.1 Å². The molecule has 0 bridgehead atoms. The Morgan fingerprint density at radius 2 is 1.60 bits per heavy atom. The van der Waals surface area contributed by atoms with E-state index in [0.29, 0.717) is 11.3 Å². The highest BCUT2D eigenvalue weighted by molar-refractivity contribution is 5.90. The van der Waals surface area contributed by atoms with Crippen LogP contribution in [0.5, 0.6) is 11.5 Å². The Bertz CT molecular complexity index is 887. The van der Waals surface area contributed by atoms with Crippen LogP contribution in [-0.4, -0.2) is 23.3 Å². The Hall–Kier alpha value is -3.27. The molecule has 0 fully saturated rings. The number of benzene rings is 3. The molecule has 2 N–H and O–H groups in total. The SMILES string of the molecule is COc1cc([C@H](c2ccccc2)c2ccccc2C(=O)O)ccc1O. The van der Waals surface area contributed by atoms with Crippen molar-refractivity contribution in [1.29, 1.82) is 0 Å². The van der Waals surface area contributed by atoms with Crippen molar-refractivity contribution in [2.24, 2.45) is 0 Å². The van der Waals surface area contributed by atoms with Crippen molar-refractivity contribution in [2.45, 2.75) is 5.92 Å². The average Bonchev–Trinajstić information content (AvgIpc) is 2.64. The number of hydrogen-bond acceptors (Lipinski definition) is 3. The highest BCUT2D eigenvalue weighted by Crippen LogP contribution is 2.37. The van der Waals surface area contributed by atoms with E-state index in [-0.39, 0.29) is 17.2 Å². The van der Waals surface area contributed by atoms with Gasteiger partial charge in [-0.1, -0.05) is 54.6 Å². The summed E-state index contributed by atoms with van der Waals surface area (Å²) in [7, 11) is 1.49. The molecule has 25 heavy (non-hydrogen) atoms. The minimum absolute atomic E-state index is 0.0459. The van der Waals surface area contributed by atoms with Gasteiger partial charge < -0.3 is 14.9 Å². The monoisotopic (exact) mass is 334 g/mol. The molecule has 0 saturated heterocycles. The smallest absolute Gasteiger partial charge is 0.335 e. The van der Waals surface area contributed by atoms with Crippen LogP contribution in [0.1, 0.15) is 33.0 Å². The Morgan fingerprint density at radius 1 is 0.920 bits per heavy atom. The zero-order chi connectivity index (χ0) is 17.8. The van der Waals surface area contributed by atoms with Gasteiger partial charge in [0.15, 0.2) is 11.5 Å². The van der Waals surface area contributed by atoms with Crippen molar-refractivity contribution in [2.75, 3.05) is 7.11 Å². The molecule has 126 valence electrons. The molecule has 3 aromatic carbocycles. The molecule has 3 aromatic rings. The molecular weight excluding hydrogens is 316 g/mol. The second-order valence-corrected chi connectivity index (χ2v) is 5.67. The van der Waals surface area contributed by atoms with Crippen LogP contribution in [0.2, 0.25) is 0 Å². The normalized spacial score (nSPS) is 11.7. The summed E-state index contributed by atoms with van der Waals surface area (Å²) in [4.78, 5) is 11.7. The Labute approximate surface area is 146 Å². The third kappa shape index (κ3) is 3.33. The van der Waals surface area contributed by atoms with E-state index < -0.39 is 5.97 Å². The Balaban J connectivity index is 2.24. The predicted molar refractivity (Wildman–Crippen MR) is 95.4 cm³/mol. The molecule has 0 heterocycles. The molecule has 0 aliphatic heterocycles. The molecule has 0 radical (unpaired) electrons. The van der Waals surface area contributed by atoms with Gasteiger partial charge in [-0.05, 0) is 34.9 Å². The summed E-state index contributed by atoms with van der Waals surface area (Å²) in [6.45, 7) is 0. The lowest BCUT2D eigenvalue weighted by atomic mass is 9.82. The summed E-state index contributed by atoms with van der Waals surface area (Å²) in [6.07, 6.45) is 0. The fraction of sp³-hybridized carbons (Fsp3) is 0.0952. The number of carbonyl (C=O) groups is 1. The van der Waals surface area contributed by atoms with E-state index >= 15 is 0 Å². The van der Waals surface area contributed by atoms with Crippen LogP contribution < -0.4 is 4.74 Å². The van der Waals surface area contributed by atoms with Gasteiger partial charge in [-0.15, -0.1) is 0 Å². The van der Waals surface area contributed by atoms with Gasteiger partial charge in [-0.25, -0.2) is 4.79 Å². The minimum atomic E-state index is -0.970. The van der Waals surface area contributed by atoms with Crippen LogP contribution in [0.3, 0.4) is 0 Å². The van der Waals surface area contributed by atoms with Crippen LogP contribution in [0, 0.1) is 0 Å². The van der Waals surface area contributed by atoms with Crippen molar-refractivity contribution in [1.82, 2.24) is 0 Å². The molecule has 3 rings (SSSR count). The van der Waals surface area contributed by atoms with Gasteiger partial charge in [0.2, 0.25) is 0 Å². The van der Waals surface area contributed by atoms with Gasteiger partial charge in [0.25, 0.3) is 0 Å². The molecular formula is C21H18O4. The highest BCUT2D eigenvalue weighted by Gasteiger charge is 2.23. The minimum Gasteiger partial charge on any atom is -0.504 e. The maximum absolute atomic E-state index is 11.7. The molecule has 1 atom stereocenters. The molecule has 4 nitrogen and oxygen atoms in total. The maximum Gasteiger partial charge on any atom is 0.335 e. The maximum atomic E-state index is 11.7. The molecule has 0 aliphatic rings. The van der Waals surface area contributed by atoms with E-state index in [1.165, 1.54) is 7.11 Å². The first-order valence-corrected chi connectivity index (χ1v) is 7.86. The van der Waals surface area contributed by atoms with E-state index in [9.17, 15) is 15.0 Å². The number of carboxylic acid groups (broad SMARTS) is 1. The second kappa shape index (κ2) is 7.09. The van der Waals surface area contributed by atoms with Crippen molar-refractivity contribution in [3.63, 3.8) is 0 Å². The molecule has 4 heteroatoms. The summed E-state index contributed by atoms with van der Waals surface area (Å²) in [6, 6.07) is 21.7. The van der Waals surface area contributed by atoms with Crippen LogP contribution in [0.4, 0.5) is 0 Å². The standard InChI is InChI=1S/C21H18O4/c1-25-19-13-15(11-12-18(19)22)20(14-7-3-2-4-8-14)16-9-5-6-10-17(16)21(23)24/h2-13,20,22H,1H3,(H,23,24)/t20-/m0/s1. The highest BCUT2D eigenvalue weighted by atomic mass is 16.5. The van der Waals surface area contributed by atoms with Crippen molar-refractivity contribution < 1.29 is 19.7 Å².